The lowest BCUT2D eigenvalue weighted by Gasteiger charge is -2.31. The molecule has 0 aliphatic rings. The number of hydrogen-bond acceptors (Lipinski definition) is 1. The van der Waals surface area contributed by atoms with E-state index in [1.54, 1.807) is 0 Å². The maximum absolute atomic E-state index is 12.8. The minimum atomic E-state index is -0.0230. The van der Waals surface area contributed by atoms with Gasteiger partial charge in [-0.15, -0.1) is 0 Å². The molecule has 0 unspecified atom stereocenters. The number of carbonyl (C=O) groups excluding carboxylic acids is 1. The van der Waals surface area contributed by atoms with Gasteiger partial charge in [-0.1, -0.05) is 81.4 Å². The van der Waals surface area contributed by atoms with E-state index in [0.717, 1.165) is 11.1 Å². The summed E-state index contributed by atoms with van der Waals surface area (Å²) in [6, 6.07) is 20.1. The van der Waals surface area contributed by atoms with Gasteiger partial charge in [-0.3, -0.25) is 0 Å². The van der Waals surface area contributed by atoms with Crippen LogP contribution >= 0.6 is 0 Å². The molecule has 0 aliphatic carbocycles. The second-order valence-electron chi connectivity index (χ2n) is 7.48. The third-order valence-electron chi connectivity index (χ3n) is 3.81. The van der Waals surface area contributed by atoms with E-state index in [0.29, 0.717) is 13.1 Å². The van der Waals surface area contributed by atoms with Crippen molar-refractivity contribution in [3.8, 4) is 0 Å². The summed E-state index contributed by atoms with van der Waals surface area (Å²) >= 11 is 0. The van der Waals surface area contributed by atoms with Gasteiger partial charge in [0.2, 0.25) is 0 Å². The van der Waals surface area contributed by atoms with Crippen LogP contribution in [0.1, 0.15) is 44.9 Å². The summed E-state index contributed by atoms with van der Waals surface area (Å²) < 4.78 is 0. The summed E-state index contributed by atoms with van der Waals surface area (Å²) in [5, 5.41) is 3.13. The van der Waals surface area contributed by atoms with E-state index in [9.17, 15) is 4.79 Å². The third-order valence-corrected chi connectivity index (χ3v) is 3.81. The molecule has 0 fully saturated rings. The fourth-order valence-electron chi connectivity index (χ4n) is 2.68. The Morgan fingerprint density at radius 3 is 2.08 bits per heavy atom. The molecule has 24 heavy (non-hydrogen) atoms. The summed E-state index contributed by atoms with van der Waals surface area (Å²) in [6.45, 7) is 9.79. The molecule has 0 heterocycles. The first-order chi connectivity index (χ1) is 11.3. The molecule has 0 spiro atoms. The van der Waals surface area contributed by atoms with Crippen molar-refractivity contribution in [2.45, 2.75) is 40.3 Å². The van der Waals surface area contributed by atoms with Gasteiger partial charge in [0.05, 0.1) is 6.04 Å². The van der Waals surface area contributed by atoms with Gasteiger partial charge < -0.3 is 10.2 Å². The Morgan fingerprint density at radius 1 is 1.00 bits per heavy atom. The molecule has 1 N–H and O–H groups in total. The Kier molecular flexibility index (Phi) is 6.02. The van der Waals surface area contributed by atoms with Crippen molar-refractivity contribution >= 4 is 6.03 Å². The van der Waals surface area contributed by atoms with Crippen LogP contribution in [0.15, 0.2) is 60.7 Å². The average Bonchev–Trinajstić information content (AvgIpc) is 2.54. The highest BCUT2D eigenvalue weighted by Gasteiger charge is 2.22. The van der Waals surface area contributed by atoms with E-state index in [-0.39, 0.29) is 17.5 Å². The number of hydrogen-bond donors (Lipinski definition) is 1. The molecule has 0 saturated carbocycles. The maximum Gasteiger partial charge on any atom is 0.318 e. The van der Waals surface area contributed by atoms with Gasteiger partial charge in [-0.2, -0.15) is 0 Å². The molecule has 2 rings (SSSR count). The Hall–Kier alpha value is -2.29. The first-order valence-corrected chi connectivity index (χ1v) is 8.49. The van der Waals surface area contributed by atoms with E-state index >= 15 is 0 Å². The molecular weight excluding hydrogens is 296 g/mol. The molecule has 0 saturated heterocycles. The molecule has 128 valence electrons. The number of amides is 2. The van der Waals surface area contributed by atoms with Crippen LogP contribution in [0.2, 0.25) is 0 Å². The molecule has 0 aliphatic heterocycles. The van der Waals surface area contributed by atoms with Gasteiger partial charge in [0, 0.05) is 13.1 Å². The number of nitrogens with zero attached hydrogens (tertiary/aromatic N) is 1. The lowest BCUT2D eigenvalue weighted by atomic mass is 9.96. The SMILES string of the molecule is C[C@@H](NC(=O)N(Cc1ccccc1)CC(C)(C)C)c1ccccc1. The standard InChI is InChI=1S/C21H28N2O/c1-17(19-13-9-6-10-14-19)22-20(24)23(16-21(2,3)4)15-18-11-7-5-8-12-18/h5-14,17H,15-16H2,1-4H3,(H,22,24)/t17-/m1/s1. The van der Waals surface area contributed by atoms with E-state index in [1.165, 1.54) is 0 Å². The Labute approximate surface area is 145 Å². The van der Waals surface area contributed by atoms with Gasteiger partial charge in [-0.25, -0.2) is 4.79 Å². The van der Waals surface area contributed by atoms with Crippen molar-refractivity contribution in [2.24, 2.45) is 5.41 Å². The second-order valence-corrected chi connectivity index (χ2v) is 7.48. The van der Waals surface area contributed by atoms with Crippen LogP contribution in [0, 0.1) is 5.41 Å². The van der Waals surface area contributed by atoms with Gasteiger partial charge >= 0.3 is 6.03 Å². The predicted molar refractivity (Wildman–Crippen MR) is 99.7 cm³/mol. The summed E-state index contributed by atoms with van der Waals surface area (Å²) in [7, 11) is 0. The molecule has 1 atom stereocenters. The number of rotatable bonds is 5. The topological polar surface area (TPSA) is 32.3 Å². The van der Waals surface area contributed by atoms with Crippen LogP contribution < -0.4 is 5.32 Å². The maximum atomic E-state index is 12.8. The highest BCUT2D eigenvalue weighted by molar-refractivity contribution is 5.74. The van der Waals surface area contributed by atoms with E-state index in [4.69, 9.17) is 0 Å². The fraction of sp³-hybridized carbons (Fsp3) is 0.381. The average molecular weight is 324 g/mol. The lowest BCUT2D eigenvalue weighted by Crippen LogP contribution is -2.44. The summed E-state index contributed by atoms with van der Waals surface area (Å²) in [5.74, 6) is 0. The Balaban J connectivity index is 2.09. The van der Waals surface area contributed by atoms with Crippen LogP contribution in [-0.4, -0.2) is 17.5 Å². The summed E-state index contributed by atoms with van der Waals surface area (Å²) in [5.41, 5.74) is 2.30. The van der Waals surface area contributed by atoms with Crippen molar-refractivity contribution in [3.05, 3.63) is 71.8 Å². The number of carbonyl (C=O) groups is 1. The van der Waals surface area contributed by atoms with Gasteiger partial charge in [0.15, 0.2) is 0 Å². The Morgan fingerprint density at radius 2 is 1.54 bits per heavy atom. The molecule has 2 amide bonds. The predicted octanol–water partition coefficient (Wildman–Crippen LogP) is 5.01. The van der Waals surface area contributed by atoms with Crippen molar-refractivity contribution in [1.82, 2.24) is 10.2 Å². The van der Waals surface area contributed by atoms with Crippen molar-refractivity contribution in [3.63, 3.8) is 0 Å². The largest absolute Gasteiger partial charge is 0.331 e. The van der Waals surface area contributed by atoms with Crippen molar-refractivity contribution < 1.29 is 4.79 Å². The zero-order chi connectivity index (χ0) is 17.6. The first-order valence-electron chi connectivity index (χ1n) is 8.49. The normalized spacial score (nSPS) is 12.5. The number of benzene rings is 2. The zero-order valence-electron chi connectivity index (χ0n) is 15.1. The molecule has 0 radical (unpaired) electrons. The van der Waals surface area contributed by atoms with Gasteiger partial charge in [0.25, 0.3) is 0 Å². The zero-order valence-corrected chi connectivity index (χ0v) is 15.1. The lowest BCUT2D eigenvalue weighted by molar-refractivity contribution is 0.166. The molecule has 3 nitrogen and oxygen atoms in total. The molecule has 0 bridgehead atoms. The van der Waals surface area contributed by atoms with E-state index < -0.39 is 0 Å². The molecule has 2 aromatic carbocycles. The molecule has 0 aromatic heterocycles. The monoisotopic (exact) mass is 324 g/mol. The molecule has 2 aromatic rings. The van der Waals surface area contributed by atoms with Crippen LogP contribution in [0.4, 0.5) is 4.79 Å². The molecule has 3 heteroatoms. The minimum Gasteiger partial charge on any atom is -0.331 e. The van der Waals surface area contributed by atoms with Crippen molar-refractivity contribution in [1.29, 1.82) is 0 Å². The van der Waals surface area contributed by atoms with Gasteiger partial charge in [-0.05, 0) is 23.5 Å². The quantitative estimate of drug-likeness (QED) is 0.824. The van der Waals surface area contributed by atoms with Crippen LogP contribution in [0.3, 0.4) is 0 Å². The smallest absolute Gasteiger partial charge is 0.318 e. The second kappa shape index (κ2) is 8.00. The van der Waals surface area contributed by atoms with Crippen molar-refractivity contribution in [2.75, 3.05) is 6.54 Å². The fourth-order valence-corrected chi connectivity index (χ4v) is 2.68. The highest BCUT2D eigenvalue weighted by Crippen LogP contribution is 2.19. The van der Waals surface area contributed by atoms with E-state index in [2.05, 4.69) is 38.2 Å². The molecular formula is C21H28N2O. The summed E-state index contributed by atoms with van der Waals surface area (Å²) in [6.07, 6.45) is 0. The van der Waals surface area contributed by atoms with Crippen LogP contribution in [-0.2, 0) is 6.54 Å². The third kappa shape index (κ3) is 5.73. The van der Waals surface area contributed by atoms with E-state index in [1.807, 2.05) is 60.4 Å². The summed E-state index contributed by atoms with van der Waals surface area (Å²) in [4.78, 5) is 14.7. The number of nitrogens with one attached hydrogen (secondary N) is 1. The highest BCUT2D eigenvalue weighted by atomic mass is 16.2. The van der Waals surface area contributed by atoms with Crippen LogP contribution in [0.5, 0.6) is 0 Å². The minimum absolute atomic E-state index is 0.0167. The Bertz CT molecular complexity index is 632. The van der Waals surface area contributed by atoms with Crippen LogP contribution in [0.25, 0.3) is 0 Å². The first kappa shape index (κ1) is 18.1. The number of urea groups is 1. The van der Waals surface area contributed by atoms with Gasteiger partial charge in [0.1, 0.15) is 0 Å².